The number of nitrogens with one attached hydrogen (secondary N) is 1. The van der Waals surface area contributed by atoms with E-state index in [1.807, 2.05) is 7.05 Å². The van der Waals surface area contributed by atoms with Crippen molar-refractivity contribution in [2.75, 3.05) is 7.05 Å². The van der Waals surface area contributed by atoms with E-state index in [1.54, 1.807) is 6.39 Å². The Morgan fingerprint density at radius 2 is 2.40 bits per heavy atom. The summed E-state index contributed by atoms with van der Waals surface area (Å²) in [4.78, 5) is 4.29. The van der Waals surface area contributed by atoms with E-state index in [1.165, 1.54) is 19.3 Å². The maximum atomic E-state index is 5.59. The normalized spacial score (nSPS) is 24.6. The van der Waals surface area contributed by atoms with Gasteiger partial charge in [0.15, 0.2) is 6.39 Å². The van der Waals surface area contributed by atoms with Crippen molar-refractivity contribution in [3.8, 4) is 0 Å². The summed E-state index contributed by atoms with van der Waals surface area (Å²) in [6.45, 7) is 5.46. The van der Waals surface area contributed by atoms with Gasteiger partial charge in [-0.15, -0.1) is 0 Å². The molecule has 1 aromatic rings. The van der Waals surface area contributed by atoms with Crippen LogP contribution in [0.2, 0.25) is 0 Å². The summed E-state index contributed by atoms with van der Waals surface area (Å²) in [7, 11) is 1.94. The first-order chi connectivity index (χ1) is 7.15. The summed E-state index contributed by atoms with van der Waals surface area (Å²) in [6.07, 6.45) is 5.41. The maximum Gasteiger partial charge on any atom is 0.181 e. The Bertz CT molecular complexity index is 330. The smallest absolute Gasteiger partial charge is 0.181 e. The molecule has 1 heterocycles. The zero-order valence-electron chi connectivity index (χ0n) is 9.84. The second kappa shape index (κ2) is 3.97. The molecule has 1 aromatic heterocycles. The highest BCUT2D eigenvalue weighted by molar-refractivity contribution is 5.17. The van der Waals surface area contributed by atoms with E-state index in [2.05, 4.69) is 24.1 Å². The predicted octanol–water partition coefficient (Wildman–Crippen LogP) is 2.69. The molecule has 0 radical (unpaired) electrons. The van der Waals surface area contributed by atoms with Crippen LogP contribution in [-0.2, 0) is 6.54 Å². The maximum absolute atomic E-state index is 5.59. The van der Waals surface area contributed by atoms with Crippen LogP contribution in [0.3, 0.4) is 0 Å². The van der Waals surface area contributed by atoms with Crippen LogP contribution in [0.5, 0.6) is 0 Å². The van der Waals surface area contributed by atoms with Gasteiger partial charge in [0.2, 0.25) is 0 Å². The molecule has 1 saturated carbocycles. The molecule has 15 heavy (non-hydrogen) atoms. The van der Waals surface area contributed by atoms with Gasteiger partial charge in [-0.05, 0) is 25.3 Å². The van der Waals surface area contributed by atoms with Crippen molar-refractivity contribution < 1.29 is 4.42 Å². The van der Waals surface area contributed by atoms with E-state index in [-0.39, 0.29) is 0 Å². The fraction of sp³-hybridized carbons (Fsp3) is 0.750. The van der Waals surface area contributed by atoms with E-state index < -0.39 is 0 Å². The lowest BCUT2D eigenvalue weighted by Gasteiger charge is -2.25. The van der Waals surface area contributed by atoms with Crippen LogP contribution in [0.25, 0.3) is 0 Å². The zero-order valence-corrected chi connectivity index (χ0v) is 9.84. The Morgan fingerprint density at radius 1 is 1.60 bits per heavy atom. The lowest BCUT2D eigenvalue weighted by Crippen LogP contribution is -2.17. The van der Waals surface area contributed by atoms with Gasteiger partial charge in [-0.25, -0.2) is 4.98 Å². The van der Waals surface area contributed by atoms with Gasteiger partial charge in [0, 0.05) is 12.5 Å². The number of aromatic nitrogens is 1. The lowest BCUT2D eigenvalue weighted by molar-refractivity contribution is 0.291. The molecule has 2 rings (SSSR count). The molecule has 1 N–H and O–H groups in total. The van der Waals surface area contributed by atoms with E-state index in [9.17, 15) is 0 Å². The number of oxazole rings is 1. The van der Waals surface area contributed by atoms with E-state index >= 15 is 0 Å². The van der Waals surface area contributed by atoms with Crippen molar-refractivity contribution in [1.82, 2.24) is 10.3 Å². The van der Waals surface area contributed by atoms with Gasteiger partial charge in [-0.1, -0.05) is 20.3 Å². The van der Waals surface area contributed by atoms with E-state index in [0.717, 1.165) is 18.0 Å². The first-order valence-corrected chi connectivity index (χ1v) is 5.72. The van der Waals surface area contributed by atoms with Crippen LogP contribution in [-0.4, -0.2) is 12.0 Å². The van der Waals surface area contributed by atoms with E-state index in [4.69, 9.17) is 4.42 Å². The first kappa shape index (κ1) is 10.7. The van der Waals surface area contributed by atoms with Crippen LogP contribution in [0, 0.1) is 5.41 Å². The minimum atomic E-state index is 0.363. The van der Waals surface area contributed by atoms with Gasteiger partial charge in [0.1, 0.15) is 5.76 Å². The molecule has 3 heteroatoms. The Balaban J connectivity index is 2.25. The molecule has 1 atom stereocenters. The Morgan fingerprint density at radius 3 is 3.00 bits per heavy atom. The molecule has 0 spiro atoms. The van der Waals surface area contributed by atoms with Crippen molar-refractivity contribution in [1.29, 1.82) is 0 Å². The highest BCUT2D eigenvalue weighted by Gasteiger charge is 2.38. The molecule has 0 amide bonds. The summed E-state index contributed by atoms with van der Waals surface area (Å²) < 4.78 is 5.59. The van der Waals surface area contributed by atoms with Gasteiger partial charge in [0.05, 0.1) is 5.69 Å². The fourth-order valence-corrected chi connectivity index (χ4v) is 2.67. The largest absolute Gasteiger partial charge is 0.448 e. The third-order valence-electron chi connectivity index (χ3n) is 3.59. The fourth-order valence-electron chi connectivity index (χ4n) is 2.67. The second-order valence-electron chi connectivity index (χ2n) is 5.13. The van der Waals surface area contributed by atoms with Crippen molar-refractivity contribution >= 4 is 0 Å². The topological polar surface area (TPSA) is 38.1 Å². The number of rotatable bonds is 3. The van der Waals surface area contributed by atoms with Crippen LogP contribution in [0.1, 0.15) is 50.5 Å². The predicted molar refractivity (Wildman–Crippen MR) is 59.6 cm³/mol. The third-order valence-corrected chi connectivity index (χ3v) is 3.59. The molecule has 1 aliphatic carbocycles. The second-order valence-corrected chi connectivity index (χ2v) is 5.13. The average molecular weight is 208 g/mol. The Hall–Kier alpha value is -0.830. The molecule has 84 valence electrons. The molecule has 0 aromatic carbocycles. The van der Waals surface area contributed by atoms with Crippen molar-refractivity contribution in [2.24, 2.45) is 5.41 Å². The lowest BCUT2D eigenvalue weighted by atomic mass is 9.80. The van der Waals surface area contributed by atoms with Crippen LogP contribution >= 0.6 is 0 Å². The van der Waals surface area contributed by atoms with Gasteiger partial charge >= 0.3 is 0 Å². The molecule has 0 aliphatic heterocycles. The Kier molecular flexibility index (Phi) is 2.83. The molecular formula is C12H20N2O. The number of hydrogen-bond acceptors (Lipinski definition) is 3. The first-order valence-electron chi connectivity index (χ1n) is 5.72. The number of nitrogens with zero attached hydrogens (tertiary/aromatic N) is 1. The highest BCUT2D eigenvalue weighted by atomic mass is 16.3. The highest BCUT2D eigenvalue weighted by Crippen LogP contribution is 2.49. The van der Waals surface area contributed by atoms with Crippen LogP contribution in [0.15, 0.2) is 10.8 Å². The standard InChI is InChI=1S/C12H20N2O/c1-12(2)6-4-5-9(12)11-10(7-13-3)14-8-15-11/h8-9,13H,4-7H2,1-3H3. The third kappa shape index (κ3) is 1.93. The van der Waals surface area contributed by atoms with Crippen molar-refractivity contribution in [3.05, 3.63) is 17.8 Å². The molecule has 1 aliphatic rings. The van der Waals surface area contributed by atoms with Crippen molar-refractivity contribution in [2.45, 2.75) is 45.6 Å². The zero-order chi connectivity index (χ0) is 10.9. The summed E-state index contributed by atoms with van der Waals surface area (Å²) >= 11 is 0. The molecular weight excluding hydrogens is 188 g/mol. The van der Waals surface area contributed by atoms with Gasteiger partial charge in [-0.3, -0.25) is 0 Å². The minimum absolute atomic E-state index is 0.363. The molecule has 1 unspecified atom stereocenters. The van der Waals surface area contributed by atoms with Crippen LogP contribution < -0.4 is 5.32 Å². The van der Waals surface area contributed by atoms with E-state index in [0.29, 0.717) is 11.3 Å². The van der Waals surface area contributed by atoms with Gasteiger partial charge < -0.3 is 9.73 Å². The summed E-state index contributed by atoms with van der Waals surface area (Å²) in [5.41, 5.74) is 1.44. The molecule has 0 bridgehead atoms. The molecule has 3 nitrogen and oxygen atoms in total. The summed E-state index contributed by atoms with van der Waals surface area (Å²) in [5, 5.41) is 3.14. The van der Waals surface area contributed by atoms with Crippen molar-refractivity contribution in [3.63, 3.8) is 0 Å². The summed E-state index contributed by atoms with van der Waals surface area (Å²) in [6, 6.07) is 0. The SMILES string of the molecule is CNCc1ncoc1C1CCCC1(C)C. The molecule has 0 saturated heterocycles. The van der Waals surface area contributed by atoms with Gasteiger partial charge in [-0.2, -0.15) is 0 Å². The van der Waals surface area contributed by atoms with Gasteiger partial charge in [0.25, 0.3) is 0 Å². The minimum Gasteiger partial charge on any atom is -0.448 e. The molecule has 1 fully saturated rings. The summed E-state index contributed by atoms with van der Waals surface area (Å²) in [5.74, 6) is 1.65. The quantitative estimate of drug-likeness (QED) is 0.830. The monoisotopic (exact) mass is 208 g/mol. The Labute approximate surface area is 91.3 Å². The van der Waals surface area contributed by atoms with Crippen LogP contribution in [0.4, 0.5) is 0 Å². The number of hydrogen-bond donors (Lipinski definition) is 1. The average Bonchev–Trinajstić information content (AvgIpc) is 2.72.